The molecule has 17 heavy (non-hydrogen) atoms. The average Bonchev–Trinajstić information content (AvgIpc) is 2.15. The van der Waals surface area contributed by atoms with Crippen LogP contribution in [-0.2, 0) is 4.79 Å². The summed E-state index contributed by atoms with van der Waals surface area (Å²) < 4.78 is 39.5. The summed E-state index contributed by atoms with van der Waals surface area (Å²) in [6.45, 7) is 0. The van der Waals surface area contributed by atoms with Crippen LogP contribution in [0, 0.1) is 0 Å². The normalized spacial score (nSPS) is 12.4. The van der Waals surface area contributed by atoms with Crippen molar-refractivity contribution in [3.8, 4) is 5.75 Å². The maximum Gasteiger partial charge on any atom is 0.573 e. The second-order valence-corrected chi connectivity index (χ2v) is 2.95. The number of carboxylic acid groups (broad SMARTS) is 1. The van der Waals surface area contributed by atoms with E-state index in [2.05, 4.69) is 9.73 Å². The van der Waals surface area contributed by atoms with Crippen LogP contribution in [0.3, 0.4) is 0 Å². The lowest BCUT2D eigenvalue weighted by atomic mass is 10.1. The molecule has 0 spiro atoms. The second-order valence-electron chi connectivity index (χ2n) is 2.95. The molecule has 1 aromatic carbocycles. The van der Waals surface area contributed by atoms with E-state index < -0.39 is 18.1 Å². The predicted molar refractivity (Wildman–Crippen MR) is 53.2 cm³/mol. The van der Waals surface area contributed by atoms with Crippen molar-refractivity contribution < 1.29 is 27.8 Å². The zero-order valence-electron chi connectivity index (χ0n) is 8.65. The Kier molecular flexibility index (Phi) is 3.72. The highest BCUT2D eigenvalue weighted by Crippen LogP contribution is 2.23. The van der Waals surface area contributed by atoms with Crippen LogP contribution in [0.5, 0.6) is 5.75 Å². The Morgan fingerprint density at radius 1 is 1.41 bits per heavy atom. The molecular weight excluding hydrogens is 239 g/mol. The van der Waals surface area contributed by atoms with Crippen molar-refractivity contribution in [3.63, 3.8) is 0 Å². The summed E-state index contributed by atoms with van der Waals surface area (Å²) in [6, 6.07) is 4.63. The molecule has 0 radical (unpaired) electrons. The molecule has 0 aliphatic carbocycles. The maximum absolute atomic E-state index is 11.9. The lowest BCUT2D eigenvalue weighted by Gasteiger charge is -2.09. The fourth-order valence-electron chi connectivity index (χ4n) is 1.19. The van der Waals surface area contributed by atoms with Gasteiger partial charge in [0.15, 0.2) is 0 Å². The first-order valence-electron chi connectivity index (χ1n) is 4.40. The Morgan fingerprint density at radius 3 is 2.53 bits per heavy atom. The number of hydrogen-bond acceptors (Lipinski definition) is 3. The molecular formula is C10H8F3NO3. The minimum Gasteiger partial charge on any atom is -0.477 e. The quantitative estimate of drug-likeness (QED) is 0.832. The van der Waals surface area contributed by atoms with E-state index in [0.717, 1.165) is 12.1 Å². The van der Waals surface area contributed by atoms with E-state index in [1.54, 1.807) is 0 Å². The van der Waals surface area contributed by atoms with Crippen LogP contribution >= 0.6 is 0 Å². The van der Waals surface area contributed by atoms with Gasteiger partial charge in [-0.15, -0.1) is 13.2 Å². The standard InChI is InChI=1S/C10H8F3NO3/c1-14-8(9(15)16)6-3-2-4-7(5-6)17-10(11,12)13/h2-5H,1H3,(H,15,16)/b14-8+. The molecule has 0 aromatic heterocycles. The van der Waals surface area contributed by atoms with Crippen LogP contribution in [0.4, 0.5) is 13.2 Å². The van der Waals surface area contributed by atoms with Crippen molar-refractivity contribution in [1.82, 2.24) is 0 Å². The number of ether oxygens (including phenoxy) is 1. The van der Waals surface area contributed by atoms with E-state index in [9.17, 15) is 18.0 Å². The van der Waals surface area contributed by atoms with E-state index in [-0.39, 0.29) is 11.3 Å². The van der Waals surface area contributed by atoms with E-state index in [1.807, 2.05) is 0 Å². The van der Waals surface area contributed by atoms with Crippen LogP contribution < -0.4 is 4.74 Å². The third-order valence-corrected chi connectivity index (χ3v) is 1.77. The Bertz CT molecular complexity index is 454. The lowest BCUT2D eigenvalue weighted by Crippen LogP contribution is -2.18. The zero-order chi connectivity index (χ0) is 13.1. The van der Waals surface area contributed by atoms with Crippen molar-refractivity contribution >= 4 is 11.7 Å². The third kappa shape index (κ3) is 3.78. The number of carboxylic acids is 1. The van der Waals surface area contributed by atoms with Gasteiger partial charge in [-0.25, -0.2) is 4.79 Å². The highest BCUT2D eigenvalue weighted by molar-refractivity contribution is 6.42. The highest BCUT2D eigenvalue weighted by atomic mass is 19.4. The number of rotatable bonds is 3. The fraction of sp³-hybridized carbons (Fsp3) is 0.200. The minimum absolute atomic E-state index is 0.0433. The number of aliphatic carboxylic acids is 1. The number of hydrogen-bond donors (Lipinski definition) is 1. The van der Waals surface area contributed by atoms with Gasteiger partial charge in [0, 0.05) is 12.6 Å². The maximum atomic E-state index is 11.9. The summed E-state index contributed by atoms with van der Waals surface area (Å²) >= 11 is 0. The van der Waals surface area contributed by atoms with Crippen molar-refractivity contribution in [3.05, 3.63) is 29.8 Å². The van der Waals surface area contributed by atoms with Crippen molar-refractivity contribution in [2.75, 3.05) is 7.05 Å². The Labute approximate surface area is 94.4 Å². The van der Waals surface area contributed by atoms with E-state index in [0.29, 0.717) is 0 Å². The SMILES string of the molecule is C/N=C(/C(=O)O)c1cccc(OC(F)(F)F)c1. The van der Waals surface area contributed by atoms with Crippen LogP contribution in [0.1, 0.15) is 5.56 Å². The van der Waals surface area contributed by atoms with Crippen molar-refractivity contribution in [1.29, 1.82) is 0 Å². The van der Waals surface area contributed by atoms with Gasteiger partial charge < -0.3 is 9.84 Å². The number of benzene rings is 1. The lowest BCUT2D eigenvalue weighted by molar-refractivity contribution is -0.274. The van der Waals surface area contributed by atoms with Crippen molar-refractivity contribution in [2.45, 2.75) is 6.36 Å². The van der Waals surface area contributed by atoms with Gasteiger partial charge in [-0.05, 0) is 12.1 Å². The molecule has 0 heterocycles. The summed E-state index contributed by atoms with van der Waals surface area (Å²) in [4.78, 5) is 14.2. The fourth-order valence-corrected chi connectivity index (χ4v) is 1.19. The van der Waals surface area contributed by atoms with Gasteiger partial charge in [0.05, 0.1) is 0 Å². The van der Waals surface area contributed by atoms with Gasteiger partial charge in [0.1, 0.15) is 11.5 Å². The molecule has 0 aliphatic heterocycles. The summed E-state index contributed by atoms with van der Waals surface area (Å²) in [7, 11) is 1.24. The Morgan fingerprint density at radius 2 is 2.06 bits per heavy atom. The smallest absolute Gasteiger partial charge is 0.477 e. The van der Waals surface area contributed by atoms with Gasteiger partial charge in [0.25, 0.3) is 0 Å². The van der Waals surface area contributed by atoms with Gasteiger partial charge in [-0.1, -0.05) is 12.1 Å². The molecule has 0 saturated heterocycles. The molecule has 1 aromatic rings. The van der Waals surface area contributed by atoms with E-state index in [1.165, 1.54) is 19.2 Å². The summed E-state index contributed by atoms with van der Waals surface area (Å²) in [5, 5.41) is 8.76. The van der Waals surface area contributed by atoms with E-state index >= 15 is 0 Å². The second kappa shape index (κ2) is 4.86. The minimum atomic E-state index is -4.81. The first kappa shape index (κ1) is 13.0. The molecule has 0 atom stereocenters. The molecule has 7 heteroatoms. The molecule has 92 valence electrons. The first-order chi connectivity index (χ1) is 7.83. The number of aliphatic imine (C=N–C) groups is 1. The topological polar surface area (TPSA) is 58.9 Å². The number of halogens is 3. The van der Waals surface area contributed by atoms with Crippen LogP contribution in [0.2, 0.25) is 0 Å². The predicted octanol–water partition coefficient (Wildman–Crippen LogP) is 2.09. The molecule has 0 aliphatic rings. The number of alkyl halides is 3. The summed E-state index contributed by atoms with van der Waals surface area (Å²) in [5.41, 5.74) is -0.292. The van der Waals surface area contributed by atoms with Crippen LogP contribution in [0.25, 0.3) is 0 Å². The molecule has 4 nitrogen and oxygen atoms in total. The van der Waals surface area contributed by atoms with Crippen molar-refractivity contribution in [2.24, 2.45) is 4.99 Å². The summed E-state index contributed by atoms with van der Waals surface area (Å²) in [5.74, 6) is -1.81. The monoisotopic (exact) mass is 247 g/mol. The van der Waals surface area contributed by atoms with Crippen LogP contribution in [0.15, 0.2) is 29.3 Å². The average molecular weight is 247 g/mol. The largest absolute Gasteiger partial charge is 0.573 e. The molecule has 1 N–H and O–H groups in total. The molecule has 0 fully saturated rings. The number of carbonyl (C=O) groups is 1. The van der Waals surface area contributed by atoms with Gasteiger partial charge in [-0.3, -0.25) is 4.99 Å². The highest BCUT2D eigenvalue weighted by Gasteiger charge is 2.31. The van der Waals surface area contributed by atoms with E-state index in [4.69, 9.17) is 5.11 Å². The summed E-state index contributed by atoms with van der Waals surface area (Å²) in [6.07, 6.45) is -4.81. The molecule has 0 saturated carbocycles. The zero-order valence-corrected chi connectivity index (χ0v) is 8.65. The molecule has 0 amide bonds. The first-order valence-corrected chi connectivity index (χ1v) is 4.40. The third-order valence-electron chi connectivity index (χ3n) is 1.77. The van der Waals surface area contributed by atoms with Gasteiger partial charge >= 0.3 is 12.3 Å². The Balaban J connectivity index is 3.05. The molecule has 0 bridgehead atoms. The number of nitrogens with zero attached hydrogens (tertiary/aromatic N) is 1. The van der Waals surface area contributed by atoms with Gasteiger partial charge in [0.2, 0.25) is 0 Å². The molecule has 1 rings (SSSR count). The Hall–Kier alpha value is -2.05. The van der Waals surface area contributed by atoms with Gasteiger partial charge in [-0.2, -0.15) is 0 Å². The molecule has 0 unspecified atom stereocenters. The van der Waals surface area contributed by atoms with Crippen LogP contribution in [-0.4, -0.2) is 30.2 Å².